The SMILES string of the molecule is Cc1cc(C)c2ccn(C)c2c1C. The number of rotatable bonds is 0. The average Bonchev–Trinajstić information content (AvgIpc) is 2.44. The Morgan fingerprint density at radius 1 is 1.08 bits per heavy atom. The van der Waals surface area contributed by atoms with E-state index >= 15 is 0 Å². The van der Waals surface area contributed by atoms with Crippen LogP contribution in [0.25, 0.3) is 10.9 Å². The minimum absolute atomic E-state index is 1.37. The van der Waals surface area contributed by atoms with Gasteiger partial charge in [0.25, 0.3) is 0 Å². The van der Waals surface area contributed by atoms with Crippen molar-refractivity contribution in [1.29, 1.82) is 0 Å². The maximum absolute atomic E-state index is 2.26. The average molecular weight is 173 g/mol. The smallest absolute Gasteiger partial charge is 0.0512 e. The number of nitrogens with zero attached hydrogens (tertiary/aromatic N) is 1. The second kappa shape index (κ2) is 2.63. The highest BCUT2D eigenvalue weighted by molar-refractivity contribution is 5.87. The van der Waals surface area contributed by atoms with Crippen LogP contribution in [0, 0.1) is 20.8 Å². The summed E-state index contributed by atoms with van der Waals surface area (Å²) in [6, 6.07) is 4.45. The van der Waals surface area contributed by atoms with Crippen molar-refractivity contribution in [1.82, 2.24) is 4.57 Å². The molecule has 2 rings (SSSR count). The molecule has 0 spiro atoms. The van der Waals surface area contributed by atoms with Crippen LogP contribution in [0.15, 0.2) is 18.3 Å². The molecule has 0 N–H and O–H groups in total. The van der Waals surface area contributed by atoms with Gasteiger partial charge in [0.15, 0.2) is 0 Å². The summed E-state index contributed by atoms with van der Waals surface area (Å²) in [7, 11) is 2.11. The molecule has 2 aromatic rings. The lowest BCUT2D eigenvalue weighted by Gasteiger charge is -2.07. The minimum atomic E-state index is 1.37. The number of fused-ring (bicyclic) bond motifs is 1. The molecule has 0 fully saturated rings. The summed E-state index contributed by atoms with van der Waals surface area (Å²) >= 11 is 0. The van der Waals surface area contributed by atoms with Gasteiger partial charge in [0.1, 0.15) is 0 Å². The molecular formula is C12H15N. The zero-order valence-corrected chi connectivity index (χ0v) is 8.68. The predicted octanol–water partition coefficient (Wildman–Crippen LogP) is 3.10. The topological polar surface area (TPSA) is 4.93 Å². The van der Waals surface area contributed by atoms with Gasteiger partial charge in [-0.05, 0) is 43.5 Å². The molecule has 68 valence electrons. The van der Waals surface area contributed by atoms with Crippen molar-refractivity contribution < 1.29 is 0 Å². The Hall–Kier alpha value is -1.24. The van der Waals surface area contributed by atoms with Gasteiger partial charge < -0.3 is 4.57 Å². The van der Waals surface area contributed by atoms with E-state index < -0.39 is 0 Å². The summed E-state index contributed by atoms with van der Waals surface area (Å²) in [6.45, 7) is 6.54. The fraction of sp³-hybridized carbons (Fsp3) is 0.333. The van der Waals surface area contributed by atoms with Crippen LogP contribution < -0.4 is 0 Å². The van der Waals surface area contributed by atoms with Crippen molar-refractivity contribution in [3.05, 3.63) is 35.0 Å². The third-order valence-corrected chi connectivity index (χ3v) is 2.88. The Kier molecular flexibility index (Phi) is 1.69. The highest BCUT2D eigenvalue weighted by Crippen LogP contribution is 2.25. The molecule has 0 aliphatic heterocycles. The zero-order chi connectivity index (χ0) is 9.59. The Labute approximate surface area is 79.0 Å². The number of benzene rings is 1. The lowest BCUT2D eigenvalue weighted by molar-refractivity contribution is 0.962. The zero-order valence-electron chi connectivity index (χ0n) is 8.68. The summed E-state index contributed by atoms with van der Waals surface area (Å²) in [6.07, 6.45) is 2.13. The monoisotopic (exact) mass is 173 g/mol. The first kappa shape index (κ1) is 8.36. The maximum Gasteiger partial charge on any atom is 0.0512 e. The van der Waals surface area contributed by atoms with E-state index in [1.54, 1.807) is 0 Å². The van der Waals surface area contributed by atoms with Crippen LogP contribution in [0.3, 0.4) is 0 Å². The van der Waals surface area contributed by atoms with E-state index in [9.17, 15) is 0 Å². The Morgan fingerprint density at radius 2 is 1.77 bits per heavy atom. The van der Waals surface area contributed by atoms with Crippen LogP contribution in [0.5, 0.6) is 0 Å². The molecule has 0 amide bonds. The van der Waals surface area contributed by atoms with Crippen LogP contribution in [0.2, 0.25) is 0 Å². The first-order valence-corrected chi connectivity index (χ1v) is 4.63. The molecule has 0 unspecified atom stereocenters. The van der Waals surface area contributed by atoms with E-state index in [1.807, 2.05) is 0 Å². The normalized spacial score (nSPS) is 11.1. The Bertz CT molecular complexity index is 463. The van der Waals surface area contributed by atoms with Crippen molar-refractivity contribution in [3.63, 3.8) is 0 Å². The second-order valence-electron chi connectivity index (χ2n) is 3.82. The summed E-state index contributed by atoms with van der Waals surface area (Å²) in [5.41, 5.74) is 5.52. The standard InChI is InChI=1S/C12H15N/c1-8-7-9(2)11-5-6-13(4)12(11)10(8)3/h5-7H,1-4H3. The first-order valence-electron chi connectivity index (χ1n) is 4.63. The summed E-state index contributed by atoms with van der Waals surface area (Å²) in [4.78, 5) is 0. The number of aromatic nitrogens is 1. The number of hydrogen-bond donors (Lipinski definition) is 0. The number of hydrogen-bond acceptors (Lipinski definition) is 0. The highest BCUT2D eigenvalue weighted by atomic mass is 14.9. The van der Waals surface area contributed by atoms with Crippen LogP contribution >= 0.6 is 0 Å². The van der Waals surface area contributed by atoms with Crippen LogP contribution in [0.4, 0.5) is 0 Å². The van der Waals surface area contributed by atoms with Crippen molar-refractivity contribution in [2.45, 2.75) is 20.8 Å². The molecule has 0 aliphatic carbocycles. The van der Waals surface area contributed by atoms with Gasteiger partial charge in [0.2, 0.25) is 0 Å². The van der Waals surface area contributed by atoms with Crippen LogP contribution in [0.1, 0.15) is 16.7 Å². The Morgan fingerprint density at radius 3 is 2.46 bits per heavy atom. The summed E-state index contributed by atoms with van der Waals surface area (Å²) in [5, 5.41) is 1.38. The lowest BCUT2D eigenvalue weighted by atomic mass is 10.0. The first-order chi connectivity index (χ1) is 6.11. The van der Waals surface area contributed by atoms with Gasteiger partial charge >= 0.3 is 0 Å². The molecule has 0 atom stereocenters. The molecule has 1 heterocycles. The maximum atomic E-state index is 2.26. The van der Waals surface area contributed by atoms with Gasteiger partial charge in [0, 0.05) is 18.6 Å². The molecule has 1 nitrogen and oxygen atoms in total. The van der Waals surface area contributed by atoms with Crippen molar-refractivity contribution in [3.8, 4) is 0 Å². The predicted molar refractivity (Wildman–Crippen MR) is 57.1 cm³/mol. The van der Waals surface area contributed by atoms with E-state index in [2.05, 4.69) is 50.7 Å². The van der Waals surface area contributed by atoms with Gasteiger partial charge in [-0.3, -0.25) is 0 Å². The summed E-state index contributed by atoms with van der Waals surface area (Å²) in [5.74, 6) is 0. The quantitative estimate of drug-likeness (QED) is 0.577. The summed E-state index contributed by atoms with van der Waals surface area (Å²) < 4.78 is 2.20. The van der Waals surface area contributed by atoms with E-state index in [1.165, 1.54) is 27.6 Å². The minimum Gasteiger partial charge on any atom is -0.350 e. The van der Waals surface area contributed by atoms with Crippen molar-refractivity contribution in [2.75, 3.05) is 0 Å². The van der Waals surface area contributed by atoms with Crippen LogP contribution in [-0.2, 0) is 7.05 Å². The Balaban J connectivity index is 3.00. The van der Waals surface area contributed by atoms with Crippen LogP contribution in [-0.4, -0.2) is 4.57 Å². The molecule has 0 saturated heterocycles. The molecule has 0 bridgehead atoms. The molecule has 0 saturated carbocycles. The molecule has 0 aliphatic rings. The van der Waals surface area contributed by atoms with E-state index in [0.717, 1.165) is 0 Å². The molecule has 1 aromatic heterocycles. The molecule has 0 radical (unpaired) electrons. The molecular weight excluding hydrogens is 158 g/mol. The second-order valence-corrected chi connectivity index (χ2v) is 3.82. The molecule has 1 aromatic carbocycles. The van der Waals surface area contributed by atoms with Crippen molar-refractivity contribution in [2.24, 2.45) is 7.05 Å². The van der Waals surface area contributed by atoms with Gasteiger partial charge in [0.05, 0.1) is 5.52 Å². The van der Waals surface area contributed by atoms with Gasteiger partial charge in [-0.25, -0.2) is 0 Å². The third kappa shape index (κ3) is 1.07. The molecule has 1 heteroatoms. The lowest BCUT2D eigenvalue weighted by Crippen LogP contribution is -1.91. The van der Waals surface area contributed by atoms with E-state index in [0.29, 0.717) is 0 Å². The fourth-order valence-electron chi connectivity index (χ4n) is 2.01. The van der Waals surface area contributed by atoms with Gasteiger partial charge in [-0.15, -0.1) is 0 Å². The fourth-order valence-corrected chi connectivity index (χ4v) is 2.01. The van der Waals surface area contributed by atoms with Gasteiger partial charge in [-0.2, -0.15) is 0 Å². The van der Waals surface area contributed by atoms with E-state index in [-0.39, 0.29) is 0 Å². The third-order valence-electron chi connectivity index (χ3n) is 2.88. The number of aryl methyl sites for hydroxylation is 4. The molecule has 13 heavy (non-hydrogen) atoms. The van der Waals surface area contributed by atoms with E-state index in [4.69, 9.17) is 0 Å². The van der Waals surface area contributed by atoms with Crippen molar-refractivity contribution >= 4 is 10.9 Å². The van der Waals surface area contributed by atoms with Gasteiger partial charge in [-0.1, -0.05) is 6.07 Å². The highest BCUT2D eigenvalue weighted by Gasteiger charge is 2.06. The largest absolute Gasteiger partial charge is 0.350 e.